The molecule has 4 aliphatic carbocycles. The molecule has 4 aliphatic rings. The molecule has 0 radical (unpaired) electrons. The lowest BCUT2D eigenvalue weighted by Crippen LogP contribution is -2.50. The molecule has 0 saturated heterocycles. The van der Waals surface area contributed by atoms with Gasteiger partial charge in [0.25, 0.3) is 0 Å². The average Bonchev–Trinajstić information content (AvgIpc) is 2.99. The van der Waals surface area contributed by atoms with Gasteiger partial charge in [-0.3, -0.25) is 4.79 Å². The molecule has 0 aromatic carbocycles. The first-order chi connectivity index (χ1) is 13.3. The minimum Gasteiger partial charge on any atom is -0.295 e. The molecule has 7 atom stereocenters. The Hall–Kier alpha value is -0.850. The molecule has 0 aromatic rings. The van der Waals surface area contributed by atoms with Crippen LogP contribution in [-0.2, 0) is 4.79 Å². The van der Waals surface area contributed by atoms with E-state index in [9.17, 15) is 4.79 Å². The number of allylic oxidation sites excluding steroid dienone is 3. The van der Waals surface area contributed by atoms with Crippen molar-refractivity contribution in [1.29, 1.82) is 0 Å². The number of hydrogen-bond donors (Lipinski definition) is 0. The van der Waals surface area contributed by atoms with Crippen LogP contribution in [0.1, 0.15) is 92.4 Å². The molecule has 0 bridgehead atoms. The minimum atomic E-state index is 0.318. The zero-order valence-electron chi connectivity index (χ0n) is 19.0. The van der Waals surface area contributed by atoms with Crippen molar-refractivity contribution in [2.24, 2.45) is 46.3 Å². The molecule has 3 saturated carbocycles. The lowest BCUT2D eigenvalue weighted by Gasteiger charge is -2.58. The van der Waals surface area contributed by atoms with Crippen LogP contribution in [0.25, 0.3) is 0 Å². The Balaban J connectivity index is 1.53. The van der Waals surface area contributed by atoms with E-state index in [1.54, 1.807) is 0 Å². The van der Waals surface area contributed by atoms with E-state index in [0.717, 1.165) is 42.4 Å². The molecule has 3 fully saturated rings. The van der Waals surface area contributed by atoms with Crippen molar-refractivity contribution < 1.29 is 4.79 Å². The van der Waals surface area contributed by atoms with Crippen molar-refractivity contribution in [1.82, 2.24) is 0 Å². The SMILES string of the molecule is CC(C)C/C=C/[C@@H](C)[C@H]1CC[C@H]2[C@@H]3CCC4=CC(=O)CC[C@]4(C)[C@H]3CC[C@]12C. The molecule has 0 unspecified atom stereocenters. The van der Waals surface area contributed by atoms with E-state index in [2.05, 4.69) is 46.8 Å². The molecule has 0 amide bonds. The van der Waals surface area contributed by atoms with Crippen LogP contribution in [0.5, 0.6) is 0 Å². The second-order valence-corrected chi connectivity index (χ2v) is 11.6. The molecule has 0 N–H and O–H groups in total. The van der Waals surface area contributed by atoms with Crippen LogP contribution >= 0.6 is 0 Å². The van der Waals surface area contributed by atoms with Crippen molar-refractivity contribution in [2.45, 2.75) is 92.4 Å². The fourth-order valence-electron chi connectivity index (χ4n) is 8.16. The van der Waals surface area contributed by atoms with Crippen molar-refractivity contribution in [3.63, 3.8) is 0 Å². The molecule has 156 valence electrons. The summed E-state index contributed by atoms with van der Waals surface area (Å²) in [5.41, 5.74) is 2.36. The summed E-state index contributed by atoms with van der Waals surface area (Å²) in [5, 5.41) is 0. The number of fused-ring (bicyclic) bond motifs is 5. The van der Waals surface area contributed by atoms with Gasteiger partial charge in [-0.05, 0) is 104 Å². The number of hydrogen-bond acceptors (Lipinski definition) is 1. The van der Waals surface area contributed by atoms with Gasteiger partial charge in [0.1, 0.15) is 0 Å². The maximum absolute atomic E-state index is 12.0. The largest absolute Gasteiger partial charge is 0.295 e. The van der Waals surface area contributed by atoms with Crippen LogP contribution in [-0.4, -0.2) is 5.78 Å². The molecule has 28 heavy (non-hydrogen) atoms. The molecule has 1 nitrogen and oxygen atoms in total. The Morgan fingerprint density at radius 1 is 1.04 bits per heavy atom. The number of carbonyl (C=O) groups excluding carboxylic acids is 1. The second kappa shape index (κ2) is 7.44. The number of carbonyl (C=O) groups is 1. The molecular formula is C27H42O. The van der Waals surface area contributed by atoms with Gasteiger partial charge >= 0.3 is 0 Å². The summed E-state index contributed by atoms with van der Waals surface area (Å²) in [7, 11) is 0. The van der Waals surface area contributed by atoms with Gasteiger partial charge in [-0.15, -0.1) is 0 Å². The summed E-state index contributed by atoms with van der Waals surface area (Å²) in [4.78, 5) is 12.0. The van der Waals surface area contributed by atoms with Crippen LogP contribution in [0.4, 0.5) is 0 Å². The standard InChI is InChI=1S/C27H42O/c1-18(2)7-6-8-19(3)23-11-12-24-22-10-9-20-17-21(28)13-15-26(20,4)25(22)14-16-27(23,24)5/h6,8,17-19,22-25H,7,9-16H2,1-5H3/b8-6+/t19-,22+,23-,24+,25+,26+,27-/m1/s1. The highest BCUT2D eigenvalue weighted by atomic mass is 16.1. The van der Waals surface area contributed by atoms with Gasteiger partial charge in [0.05, 0.1) is 0 Å². The molecule has 4 rings (SSSR count). The Kier molecular flexibility index (Phi) is 5.43. The van der Waals surface area contributed by atoms with E-state index in [1.165, 1.54) is 50.5 Å². The maximum atomic E-state index is 12.0. The van der Waals surface area contributed by atoms with Gasteiger partial charge in [-0.25, -0.2) is 0 Å². The van der Waals surface area contributed by atoms with Gasteiger partial charge in [-0.1, -0.05) is 52.3 Å². The number of ketones is 1. The average molecular weight is 383 g/mol. The van der Waals surface area contributed by atoms with Crippen LogP contribution in [0.2, 0.25) is 0 Å². The fourth-order valence-corrected chi connectivity index (χ4v) is 8.16. The number of rotatable bonds is 4. The second-order valence-electron chi connectivity index (χ2n) is 11.6. The lowest BCUT2D eigenvalue weighted by molar-refractivity contribution is -0.117. The monoisotopic (exact) mass is 382 g/mol. The van der Waals surface area contributed by atoms with Crippen LogP contribution in [0, 0.1) is 46.3 Å². The van der Waals surface area contributed by atoms with E-state index in [0.29, 0.717) is 22.5 Å². The van der Waals surface area contributed by atoms with Crippen molar-refractivity contribution in [3.8, 4) is 0 Å². The minimum absolute atomic E-state index is 0.318. The first kappa shape index (κ1) is 20.4. The highest BCUT2D eigenvalue weighted by molar-refractivity contribution is 5.91. The summed E-state index contributed by atoms with van der Waals surface area (Å²) in [5.74, 6) is 5.35. The Bertz CT molecular complexity index is 670. The maximum Gasteiger partial charge on any atom is 0.155 e. The Morgan fingerprint density at radius 2 is 1.82 bits per heavy atom. The molecule has 0 aliphatic heterocycles. The molecule has 1 heteroatoms. The third kappa shape index (κ3) is 3.25. The van der Waals surface area contributed by atoms with Crippen molar-refractivity contribution >= 4 is 5.78 Å². The highest BCUT2D eigenvalue weighted by Crippen LogP contribution is 2.67. The zero-order chi connectivity index (χ0) is 20.1. The summed E-state index contributed by atoms with van der Waals surface area (Å²) >= 11 is 0. The van der Waals surface area contributed by atoms with E-state index >= 15 is 0 Å². The van der Waals surface area contributed by atoms with Gasteiger partial charge in [0.15, 0.2) is 5.78 Å². The zero-order valence-corrected chi connectivity index (χ0v) is 19.0. The Labute approximate surface area is 173 Å². The lowest BCUT2D eigenvalue weighted by atomic mass is 9.46. The molecular weight excluding hydrogens is 340 g/mol. The van der Waals surface area contributed by atoms with Crippen LogP contribution in [0.3, 0.4) is 0 Å². The first-order valence-corrected chi connectivity index (χ1v) is 12.2. The Morgan fingerprint density at radius 3 is 2.57 bits per heavy atom. The predicted octanol–water partition coefficient (Wildman–Crippen LogP) is 7.37. The topological polar surface area (TPSA) is 17.1 Å². The van der Waals surface area contributed by atoms with Gasteiger partial charge in [0, 0.05) is 6.42 Å². The summed E-state index contributed by atoms with van der Waals surface area (Å²) in [6.45, 7) is 12.3. The fraction of sp³-hybridized carbons (Fsp3) is 0.815. The van der Waals surface area contributed by atoms with Crippen LogP contribution in [0.15, 0.2) is 23.8 Å². The smallest absolute Gasteiger partial charge is 0.155 e. The molecule has 0 spiro atoms. The van der Waals surface area contributed by atoms with Crippen molar-refractivity contribution in [3.05, 3.63) is 23.8 Å². The van der Waals surface area contributed by atoms with Gasteiger partial charge in [0.2, 0.25) is 0 Å². The van der Waals surface area contributed by atoms with E-state index in [4.69, 9.17) is 0 Å². The molecule has 0 heterocycles. The summed E-state index contributed by atoms with van der Waals surface area (Å²) in [6.07, 6.45) is 18.3. The van der Waals surface area contributed by atoms with E-state index < -0.39 is 0 Å². The van der Waals surface area contributed by atoms with E-state index in [-0.39, 0.29) is 0 Å². The van der Waals surface area contributed by atoms with Gasteiger partial charge in [-0.2, -0.15) is 0 Å². The quantitative estimate of drug-likeness (QED) is 0.464. The predicted molar refractivity (Wildman–Crippen MR) is 118 cm³/mol. The highest BCUT2D eigenvalue weighted by Gasteiger charge is 2.59. The van der Waals surface area contributed by atoms with Gasteiger partial charge < -0.3 is 0 Å². The normalized spacial score (nSPS) is 44.2. The third-order valence-corrected chi connectivity index (χ3v) is 9.72. The summed E-state index contributed by atoms with van der Waals surface area (Å²) in [6, 6.07) is 0. The first-order valence-electron chi connectivity index (χ1n) is 12.2. The van der Waals surface area contributed by atoms with E-state index in [1.807, 2.05) is 6.08 Å². The van der Waals surface area contributed by atoms with Crippen LogP contribution < -0.4 is 0 Å². The summed E-state index contributed by atoms with van der Waals surface area (Å²) < 4.78 is 0. The molecule has 0 aromatic heterocycles. The van der Waals surface area contributed by atoms with Crippen molar-refractivity contribution in [2.75, 3.05) is 0 Å². The third-order valence-electron chi connectivity index (χ3n) is 9.72.